The summed E-state index contributed by atoms with van der Waals surface area (Å²) in [4.78, 5) is 29.7. The van der Waals surface area contributed by atoms with E-state index >= 15 is 0 Å². The van der Waals surface area contributed by atoms with Crippen molar-refractivity contribution in [1.82, 2.24) is 25.3 Å². The Bertz CT molecular complexity index is 805. The molecule has 0 spiro atoms. The Morgan fingerprint density at radius 1 is 1.38 bits per heavy atom. The molecule has 1 aliphatic rings. The number of aryl methyl sites for hydroxylation is 1. The predicted molar refractivity (Wildman–Crippen MR) is 93.9 cm³/mol. The molecule has 0 bridgehead atoms. The third kappa shape index (κ3) is 3.81. The molecule has 2 aromatic heterocycles. The van der Waals surface area contributed by atoms with Gasteiger partial charge in [0.05, 0.1) is 12.1 Å². The topological polar surface area (TPSA) is 113 Å². The summed E-state index contributed by atoms with van der Waals surface area (Å²) in [7, 11) is 1.78. The maximum atomic E-state index is 12.1. The van der Waals surface area contributed by atoms with Gasteiger partial charge >= 0.3 is 5.97 Å². The van der Waals surface area contributed by atoms with Crippen LogP contribution in [-0.4, -0.2) is 56.6 Å². The Morgan fingerprint density at radius 2 is 2.19 bits per heavy atom. The van der Waals surface area contributed by atoms with Crippen molar-refractivity contribution < 1.29 is 14.7 Å². The van der Waals surface area contributed by atoms with Crippen LogP contribution in [-0.2, 0) is 11.8 Å². The number of carboxylic acid groups (broad SMARTS) is 1. The minimum atomic E-state index is -0.838. The highest BCUT2D eigenvalue weighted by molar-refractivity contribution is 5.94. The monoisotopic (exact) mass is 358 g/mol. The maximum absolute atomic E-state index is 12.1. The number of anilines is 1. The Kier molecular flexibility index (Phi) is 5.15. The van der Waals surface area contributed by atoms with Crippen LogP contribution in [0.4, 0.5) is 5.82 Å². The SMILES string of the molecule is CCNC(=O)c1ccnc(N2C[C@H](CC(=O)O)[C@H](c3cn(C)nn3)C2)c1. The number of pyridine rings is 1. The van der Waals surface area contributed by atoms with E-state index in [2.05, 4.69) is 20.6 Å². The molecule has 9 heteroatoms. The summed E-state index contributed by atoms with van der Waals surface area (Å²) >= 11 is 0. The molecule has 0 aromatic carbocycles. The Morgan fingerprint density at radius 3 is 2.85 bits per heavy atom. The number of hydrogen-bond donors (Lipinski definition) is 2. The van der Waals surface area contributed by atoms with Crippen molar-refractivity contribution in [3.63, 3.8) is 0 Å². The molecular formula is C17H22N6O3. The molecule has 0 radical (unpaired) electrons. The van der Waals surface area contributed by atoms with Crippen molar-refractivity contribution in [2.45, 2.75) is 19.3 Å². The average Bonchev–Trinajstić information content (AvgIpc) is 3.21. The van der Waals surface area contributed by atoms with Crippen molar-refractivity contribution in [2.75, 3.05) is 24.5 Å². The van der Waals surface area contributed by atoms with Crippen LogP contribution in [0.1, 0.15) is 35.3 Å². The number of aliphatic carboxylic acids is 1. The molecule has 26 heavy (non-hydrogen) atoms. The van der Waals surface area contributed by atoms with E-state index in [0.29, 0.717) is 31.0 Å². The zero-order chi connectivity index (χ0) is 18.7. The molecule has 9 nitrogen and oxygen atoms in total. The van der Waals surface area contributed by atoms with Gasteiger partial charge in [-0.3, -0.25) is 14.3 Å². The minimum Gasteiger partial charge on any atom is -0.481 e. The van der Waals surface area contributed by atoms with Gasteiger partial charge in [0.1, 0.15) is 5.82 Å². The number of nitrogens with zero attached hydrogens (tertiary/aromatic N) is 5. The summed E-state index contributed by atoms with van der Waals surface area (Å²) < 4.78 is 1.61. The van der Waals surface area contributed by atoms with Crippen LogP contribution in [0.3, 0.4) is 0 Å². The van der Waals surface area contributed by atoms with Crippen LogP contribution in [0.15, 0.2) is 24.5 Å². The lowest BCUT2D eigenvalue weighted by molar-refractivity contribution is -0.138. The third-order valence-corrected chi connectivity index (χ3v) is 4.55. The summed E-state index contributed by atoms with van der Waals surface area (Å²) in [5.41, 5.74) is 1.32. The van der Waals surface area contributed by atoms with Crippen molar-refractivity contribution >= 4 is 17.7 Å². The van der Waals surface area contributed by atoms with Crippen molar-refractivity contribution in [3.05, 3.63) is 35.8 Å². The lowest BCUT2D eigenvalue weighted by Gasteiger charge is -2.17. The smallest absolute Gasteiger partial charge is 0.303 e. The number of amides is 1. The first kappa shape index (κ1) is 17.8. The van der Waals surface area contributed by atoms with E-state index in [1.165, 1.54) is 0 Å². The highest BCUT2D eigenvalue weighted by Crippen LogP contribution is 2.35. The lowest BCUT2D eigenvalue weighted by atomic mass is 9.91. The van der Waals surface area contributed by atoms with Crippen LogP contribution in [0.25, 0.3) is 0 Å². The van der Waals surface area contributed by atoms with Gasteiger partial charge in [0.25, 0.3) is 5.91 Å². The number of rotatable bonds is 6. The van der Waals surface area contributed by atoms with E-state index in [9.17, 15) is 14.7 Å². The van der Waals surface area contributed by atoms with E-state index in [0.717, 1.165) is 5.69 Å². The summed E-state index contributed by atoms with van der Waals surface area (Å²) in [6.07, 6.45) is 3.47. The lowest BCUT2D eigenvalue weighted by Crippen LogP contribution is -2.25. The first-order valence-electron chi connectivity index (χ1n) is 8.55. The first-order chi connectivity index (χ1) is 12.5. The predicted octanol–water partition coefficient (Wildman–Crippen LogP) is 0.655. The average molecular weight is 358 g/mol. The molecule has 1 saturated heterocycles. The van der Waals surface area contributed by atoms with Crippen LogP contribution < -0.4 is 10.2 Å². The van der Waals surface area contributed by atoms with Gasteiger partial charge in [-0.1, -0.05) is 5.21 Å². The van der Waals surface area contributed by atoms with Crippen molar-refractivity contribution in [3.8, 4) is 0 Å². The van der Waals surface area contributed by atoms with Gasteiger partial charge in [-0.15, -0.1) is 5.10 Å². The van der Waals surface area contributed by atoms with Crippen LogP contribution in [0, 0.1) is 5.92 Å². The zero-order valence-corrected chi connectivity index (χ0v) is 14.8. The number of carboxylic acids is 1. The molecule has 0 unspecified atom stereocenters. The molecule has 0 aliphatic carbocycles. The molecule has 3 rings (SSSR count). The summed E-state index contributed by atoms with van der Waals surface area (Å²) in [6.45, 7) is 3.54. The molecular weight excluding hydrogens is 336 g/mol. The summed E-state index contributed by atoms with van der Waals surface area (Å²) in [6, 6.07) is 3.40. The second-order valence-corrected chi connectivity index (χ2v) is 6.45. The van der Waals surface area contributed by atoms with Crippen LogP contribution >= 0.6 is 0 Å². The van der Waals surface area contributed by atoms with Gasteiger partial charge in [0.2, 0.25) is 0 Å². The number of hydrogen-bond acceptors (Lipinski definition) is 6. The van der Waals surface area contributed by atoms with E-state index in [1.54, 1.807) is 30.1 Å². The van der Waals surface area contributed by atoms with E-state index in [1.807, 2.05) is 18.0 Å². The second-order valence-electron chi connectivity index (χ2n) is 6.45. The molecule has 1 fully saturated rings. The van der Waals surface area contributed by atoms with Gasteiger partial charge in [-0.2, -0.15) is 0 Å². The molecule has 2 atom stereocenters. The third-order valence-electron chi connectivity index (χ3n) is 4.55. The summed E-state index contributed by atoms with van der Waals surface area (Å²) in [5.74, 6) is -0.470. The Hall–Kier alpha value is -2.97. The molecule has 1 aliphatic heterocycles. The fourth-order valence-corrected chi connectivity index (χ4v) is 3.35. The number of nitrogens with one attached hydrogen (secondary N) is 1. The van der Waals surface area contributed by atoms with Gasteiger partial charge < -0.3 is 15.3 Å². The van der Waals surface area contributed by atoms with Gasteiger partial charge in [-0.25, -0.2) is 4.98 Å². The van der Waals surface area contributed by atoms with Gasteiger partial charge in [0, 0.05) is 50.6 Å². The fraction of sp³-hybridized carbons (Fsp3) is 0.471. The standard InChI is InChI=1S/C17H22N6O3/c1-3-18-17(26)11-4-5-19-15(6-11)23-8-12(7-16(24)25)13(9-23)14-10-22(2)21-20-14/h4-6,10,12-13H,3,7-9H2,1-2H3,(H,18,26)(H,24,25)/t12-,13+/m0/s1. The molecule has 2 aromatic rings. The van der Waals surface area contributed by atoms with E-state index in [4.69, 9.17) is 0 Å². The normalized spacial score (nSPS) is 19.5. The van der Waals surface area contributed by atoms with Gasteiger partial charge in [-0.05, 0) is 25.0 Å². The van der Waals surface area contributed by atoms with Crippen molar-refractivity contribution in [2.24, 2.45) is 13.0 Å². The largest absolute Gasteiger partial charge is 0.481 e. The highest BCUT2D eigenvalue weighted by atomic mass is 16.4. The molecule has 1 amide bonds. The Balaban J connectivity index is 1.84. The highest BCUT2D eigenvalue weighted by Gasteiger charge is 2.37. The quantitative estimate of drug-likeness (QED) is 0.779. The van der Waals surface area contributed by atoms with Gasteiger partial charge in [0.15, 0.2) is 0 Å². The van der Waals surface area contributed by atoms with Crippen LogP contribution in [0.5, 0.6) is 0 Å². The zero-order valence-electron chi connectivity index (χ0n) is 14.8. The van der Waals surface area contributed by atoms with Crippen molar-refractivity contribution in [1.29, 1.82) is 0 Å². The minimum absolute atomic E-state index is 0.0466. The Labute approximate surface area is 151 Å². The molecule has 2 N–H and O–H groups in total. The number of aromatic nitrogens is 4. The number of carbonyl (C=O) groups excluding carboxylic acids is 1. The maximum Gasteiger partial charge on any atom is 0.303 e. The van der Waals surface area contributed by atoms with E-state index < -0.39 is 5.97 Å². The van der Waals surface area contributed by atoms with E-state index in [-0.39, 0.29) is 24.2 Å². The molecule has 3 heterocycles. The molecule has 138 valence electrons. The fourth-order valence-electron chi connectivity index (χ4n) is 3.35. The van der Waals surface area contributed by atoms with Crippen LogP contribution in [0.2, 0.25) is 0 Å². The summed E-state index contributed by atoms with van der Waals surface area (Å²) in [5, 5.41) is 20.1. The second kappa shape index (κ2) is 7.51. The molecule has 0 saturated carbocycles. The first-order valence-corrected chi connectivity index (χ1v) is 8.55. The number of carbonyl (C=O) groups is 2.